The topological polar surface area (TPSA) is 68.5 Å². The van der Waals surface area contributed by atoms with E-state index in [1.54, 1.807) is 19.1 Å². The van der Waals surface area contributed by atoms with Crippen molar-refractivity contribution < 1.29 is 23.8 Å². The van der Waals surface area contributed by atoms with Gasteiger partial charge < -0.3 is 9.84 Å². The fourth-order valence-corrected chi connectivity index (χ4v) is 3.38. The number of benzene rings is 2. The number of rotatable bonds is 4. The third-order valence-corrected chi connectivity index (χ3v) is 4.62. The van der Waals surface area contributed by atoms with Crippen molar-refractivity contribution in [2.24, 2.45) is 0 Å². The van der Waals surface area contributed by atoms with Gasteiger partial charge in [-0.05, 0) is 48.9 Å². The van der Waals surface area contributed by atoms with Crippen LogP contribution in [0.2, 0.25) is 5.02 Å². The Bertz CT molecular complexity index is 1020. The Morgan fingerprint density at radius 1 is 1.19 bits per heavy atom. The van der Waals surface area contributed by atoms with Crippen molar-refractivity contribution in [1.29, 1.82) is 0 Å². The van der Waals surface area contributed by atoms with Crippen LogP contribution in [0.25, 0.3) is 10.9 Å². The smallest absolute Gasteiger partial charge is 0.307 e. The molecular weight excluding hydrogens is 361 g/mol. The Hall–Kier alpha value is -2.86. The molecule has 1 aromatic heterocycles. The summed E-state index contributed by atoms with van der Waals surface area (Å²) in [6, 6.07) is 8.42. The van der Waals surface area contributed by atoms with E-state index in [2.05, 4.69) is 0 Å². The van der Waals surface area contributed by atoms with Crippen molar-refractivity contribution in [1.82, 2.24) is 4.57 Å². The number of aromatic nitrogens is 1. The lowest BCUT2D eigenvalue weighted by molar-refractivity contribution is -0.136. The van der Waals surface area contributed by atoms with Crippen LogP contribution in [-0.2, 0) is 11.2 Å². The van der Waals surface area contributed by atoms with Crippen molar-refractivity contribution in [3.05, 3.63) is 64.1 Å². The zero-order chi connectivity index (χ0) is 19.0. The molecular formula is C19H15ClFNO4. The van der Waals surface area contributed by atoms with Gasteiger partial charge in [-0.2, -0.15) is 0 Å². The van der Waals surface area contributed by atoms with Gasteiger partial charge in [0, 0.05) is 16.6 Å². The Balaban J connectivity index is 2.30. The monoisotopic (exact) mass is 375 g/mol. The molecule has 0 aliphatic heterocycles. The van der Waals surface area contributed by atoms with Crippen LogP contribution in [0.5, 0.6) is 5.75 Å². The van der Waals surface area contributed by atoms with E-state index >= 15 is 0 Å². The highest BCUT2D eigenvalue weighted by atomic mass is 35.5. The minimum absolute atomic E-state index is 0.245. The Morgan fingerprint density at radius 2 is 1.85 bits per heavy atom. The minimum atomic E-state index is -1.04. The van der Waals surface area contributed by atoms with Crippen LogP contribution >= 0.6 is 11.6 Å². The van der Waals surface area contributed by atoms with Gasteiger partial charge in [-0.25, -0.2) is 4.39 Å². The minimum Gasteiger partial charge on any atom is -0.495 e. The first-order chi connectivity index (χ1) is 12.3. The molecule has 1 N–H and O–H groups in total. The van der Waals surface area contributed by atoms with Crippen LogP contribution in [-0.4, -0.2) is 28.7 Å². The molecule has 0 fully saturated rings. The van der Waals surface area contributed by atoms with Crippen molar-refractivity contribution >= 4 is 34.4 Å². The van der Waals surface area contributed by atoms with E-state index in [0.717, 1.165) is 0 Å². The maximum Gasteiger partial charge on any atom is 0.307 e. The predicted molar refractivity (Wildman–Crippen MR) is 95.7 cm³/mol. The van der Waals surface area contributed by atoms with Crippen molar-refractivity contribution in [2.45, 2.75) is 13.3 Å². The summed E-state index contributed by atoms with van der Waals surface area (Å²) in [4.78, 5) is 24.3. The third-order valence-electron chi connectivity index (χ3n) is 4.24. The van der Waals surface area contributed by atoms with Gasteiger partial charge in [-0.3, -0.25) is 14.2 Å². The van der Waals surface area contributed by atoms with Crippen LogP contribution in [0.15, 0.2) is 36.4 Å². The zero-order valence-corrected chi connectivity index (χ0v) is 14.8. The van der Waals surface area contributed by atoms with Crippen LogP contribution in [0.3, 0.4) is 0 Å². The van der Waals surface area contributed by atoms with Gasteiger partial charge in [0.2, 0.25) is 0 Å². The van der Waals surface area contributed by atoms with Crippen molar-refractivity contribution in [3.63, 3.8) is 0 Å². The fourth-order valence-electron chi connectivity index (χ4n) is 3.03. The number of hydrogen-bond donors (Lipinski definition) is 1. The van der Waals surface area contributed by atoms with Crippen molar-refractivity contribution in [3.8, 4) is 5.75 Å². The molecule has 0 unspecified atom stereocenters. The number of hydrogen-bond acceptors (Lipinski definition) is 3. The number of carbonyl (C=O) groups excluding carboxylic acids is 1. The first-order valence-corrected chi connectivity index (χ1v) is 8.11. The van der Waals surface area contributed by atoms with Crippen LogP contribution in [0.4, 0.5) is 4.39 Å². The van der Waals surface area contributed by atoms with Gasteiger partial charge in [-0.15, -0.1) is 0 Å². The number of methoxy groups -OCH3 is 1. The number of carbonyl (C=O) groups is 2. The lowest BCUT2D eigenvalue weighted by atomic mass is 10.1. The van der Waals surface area contributed by atoms with E-state index in [1.165, 1.54) is 35.9 Å². The molecule has 0 aliphatic rings. The van der Waals surface area contributed by atoms with Gasteiger partial charge in [0.05, 0.1) is 24.1 Å². The molecule has 0 bridgehead atoms. The third kappa shape index (κ3) is 2.93. The molecule has 0 saturated carbocycles. The van der Waals surface area contributed by atoms with E-state index in [4.69, 9.17) is 16.3 Å². The Labute approximate surface area is 153 Å². The summed E-state index contributed by atoms with van der Waals surface area (Å²) in [5, 5.41) is 9.96. The Kier molecular flexibility index (Phi) is 4.70. The number of halogens is 2. The average Bonchev–Trinajstić information content (AvgIpc) is 2.87. The van der Waals surface area contributed by atoms with E-state index in [-0.39, 0.29) is 17.0 Å². The highest BCUT2D eigenvalue weighted by Crippen LogP contribution is 2.38. The van der Waals surface area contributed by atoms with Crippen molar-refractivity contribution in [2.75, 3.05) is 7.11 Å². The quantitative estimate of drug-likeness (QED) is 0.746. The summed E-state index contributed by atoms with van der Waals surface area (Å²) in [7, 11) is 1.46. The maximum atomic E-state index is 13.2. The number of aliphatic carboxylic acids is 1. The molecule has 1 heterocycles. The molecule has 134 valence electrons. The number of nitrogens with zero attached hydrogens (tertiary/aromatic N) is 1. The molecule has 5 nitrogen and oxygen atoms in total. The summed E-state index contributed by atoms with van der Waals surface area (Å²) >= 11 is 6.39. The zero-order valence-electron chi connectivity index (χ0n) is 14.0. The van der Waals surface area contributed by atoms with Crippen LogP contribution in [0.1, 0.15) is 21.6 Å². The van der Waals surface area contributed by atoms with E-state index in [1.807, 2.05) is 0 Å². The molecule has 0 atom stereocenters. The summed E-state index contributed by atoms with van der Waals surface area (Å²) in [5.41, 5.74) is 1.65. The maximum absolute atomic E-state index is 13.2. The highest BCUT2D eigenvalue weighted by molar-refractivity contribution is 6.37. The molecule has 0 saturated heterocycles. The second-order valence-corrected chi connectivity index (χ2v) is 6.14. The Morgan fingerprint density at radius 3 is 2.42 bits per heavy atom. The number of carboxylic acid groups (broad SMARTS) is 1. The van der Waals surface area contributed by atoms with Crippen LogP contribution < -0.4 is 4.74 Å². The SMILES string of the molecule is COc1ccc2c(c1Cl)c(CC(=O)O)c(C)n2C(=O)c1ccc(F)cc1. The normalized spacial score (nSPS) is 10.9. The van der Waals surface area contributed by atoms with Gasteiger partial charge in [0.1, 0.15) is 11.6 Å². The largest absolute Gasteiger partial charge is 0.495 e. The first kappa shape index (κ1) is 17.9. The van der Waals surface area contributed by atoms with Gasteiger partial charge in [-0.1, -0.05) is 11.6 Å². The second-order valence-electron chi connectivity index (χ2n) is 5.76. The molecule has 7 heteroatoms. The molecule has 0 radical (unpaired) electrons. The van der Waals surface area contributed by atoms with Gasteiger partial charge in [0.15, 0.2) is 0 Å². The summed E-state index contributed by atoms with van der Waals surface area (Å²) in [6.07, 6.45) is -0.293. The standard InChI is InChI=1S/C19H15ClFNO4/c1-10-13(9-16(23)24)17-14(7-8-15(26-2)18(17)20)22(10)19(25)11-3-5-12(21)6-4-11/h3-8H,9H2,1-2H3,(H,23,24). The predicted octanol–water partition coefficient (Wildman–Crippen LogP) is 4.07. The molecule has 26 heavy (non-hydrogen) atoms. The summed E-state index contributed by atoms with van der Waals surface area (Å²) in [6.45, 7) is 1.66. The summed E-state index contributed by atoms with van der Waals surface area (Å²) in [5.74, 6) is -1.50. The lowest BCUT2D eigenvalue weighted by Crippen LogP contribution is -2.14. The highest BCUT2D eigenvalue weighted by Gasteiger charge is 2.24. The molecule has 0 aliphatic carbocycles. The fraction of sp³-hybridized carbons (Fsp3) is 0.158. The molecule has 0 spiro atoms. The number of ether oxygens (including phenoxy) is 1. The molecule has 0 amide bonds. The number of carboxylic acids is 1. The van der Waals surface area contributed by atoms with Gasteiger partial charge >= 0.3 is 5.97 Å². The van der Waals surface area contributed by atoms with E-state index in [9.17, 15) is 19.1 Å². The second kappa shape index (κ2) is 6.80. The first-order valence-electron chi connectivity index (χ1n) is 7.73. The lowest BCUT2D eigenvalue weighted by Gasteiger charge is -2.08. The molecule has 3 rings (SSSR count). The summed E-state index contributed by atoms with van der Waals surface area (Å²) < 4.78 is 19.8. The average molecular weight is 376 g/mol. The molecule has 3 aromatic rings. The van der Waals surface area contributed by atoms with Crippen LogP contribution in [0, 0.1) is 12.7 Å². The van der Waals surface area contributed by atoms with E-state index < -0.39 is 17.7 Å². The van der Waals surface area contributed by atoms with E-state index in [0.29, 0.717) is 27.9 Å². The van der Waals surface area contributed by atoms with Gasteiger partial charge in [0.25, 0.3) is 5.91 Å². The number of fused-ring (bicyclic) bond motifs is 1. The molecule has 2 aromatic carbocycles.